The van der Waals surface area contributed by atoms with Crippen LogP contribution in [0, 0.1) is 5.41 Å². The van der Waals surface area contributed by atoms with Crippen LogP contribution in [-0.4, -0.2) is 46.8 Å². The van der Waals surface area contributed by atoms with Crippen LogP contribution in [0.15, 0.2) is 24.3 Å². The highest BCUT2D eigenvalue weighted by Crippen LogP contribution is 2.45. The monoisotopic (exact) mass is 305 g/mol. The summed E-state index contributed by atoms with van der Waals surface area (Å²) in [4.78, 5) is 14.2. The predicted octanol–water partition coefficient (Wildman–Crippen LogP) is 2.23. The van der Waals surface area contributed by atoms with E-state index in [2.05, 4.69) is 0 Å². The van der Waals surface area contributed by atoms with Gasteiger partial charge in [0.1, 0.15) is 0 Å². The summed E-state index contributed by atoms with van der Waals surface area (Å²) in [6.07, 6.45) is 3.39. The summed E-state index contributed by atoms with van der Waals surface area (Å²) >= 11 is 0. The standard InChI is InChI=1S/C18H27NO3/c1-17(2,22)8-7-14-5-4-6-15(11-14)16(21)19(3)12-18(13-20)9-10-18/h4-6,11,20,22H,7-10,12-13H2,1-3H3. The molecule has 0 radical (unpaired) electrons. The van der Waals surface area contributed by atoms with E-state index in [0.717, 1.165) is 24.8 Å². The lowest BCUT2D eigenvalue weighted by atomic mass is 9.97. The van der Waals surface area contributed by atoms with Crippen LogP contribution in [0.25, 0.3) is 0 Å². The van der Waals surface area contributed by atoms with Crippen molar-refractivity contribution in [3.63, 3.8) is 0 Å². The second-order valence-electron chi connectivity index (χ2n) is 7.33. The molecule has 1 amide bonds. The number of hydrogen-bond acceptors (Lipinski definition) is 3. The minimum atomic E-state index is -0.698. The van der Waals surface area contributed by atoms with E-state index in [1.807, 2.05) is 24.3 Å². The van der Waals surface area contributed by atoms with Gasteiger partial charge in [-0.05, 0) is 57.2 Å². The number of aryl methyl sites for hydroxylation is 1. The first kappa shape index (κ1) is 17.0. The second kappa shape index (κ2) is 6.39. The third-order valence-electron chi connectivity index (χ3n) is 4.41. The van der Waals surface area contributed by atoms with E-state index >= 15 is 0 Å². The van der Waals surface area contributed by atoms with Crippen LogP contribution in [0.2, 0.25) is 0 Å². The summed E-state index contributed by atoms with van der Waals surface area (Å²) in [7, 11) is 1.79. The fourth-order valence-corrected chi connectivity index (χ4v) is 2.65. The molecule has 0 aliphatic heterocycles. The molecule has 1 saturated carbocycles. The normalized spacial score (nSPS) is 16.4. The Balaban J connectivity index is 2.00. The summed E-state index contributed by atoms with van der Waals surface area (Å²) in [5, 5.41) is 19.2. The number of carbonyl (C=O) groups excluding carboxylic acids is 1. The Morgan fingerprint density at radius 3 is 2.59 bits per heavy atom. The van der Waals surface area contributed by atoms with Crippen molar-refractivity contribution in [2.45, 2.75) is 45.1 Å². The van der Waals surface area contributed by atoms with Crippen molar-refractivity contribution in [2.75, 3.05) is 20.2 Å². The molecule has 0 atom stereocenters. The molecule has 1 aliphatic rings. The van der Waals surface area contributed by atoms with Crippen LogP contribution in [-0.2, 0) is 6.42 Å². The van der Waals surface area contributed by atoms with Gasteiger partial charge in [-0.2, -0.15) is 0 Å². The molecular formula is C18H27NO3. The van der Waals surface area contributed by atoms with Crippen LogP contribution in [0.3, 0.4) is 0 Å². The molecule has 1 aromatic carbocycles. The van der Waals surface area contributed by atoms with Crippen LogP contribution in [0.4, 0.5) is 0 Å². The van der Waals surface area contributed by atoms with Crippen LogP contribution < -0.4 is 0 Å². The average molecular weight is 305 g/mol. The molecule has 122 valence electrons. The van der Waals surface area contributed by atoms with E-state index in [1.165, 1.54) is 0 Å². The number of amides is 1. The fraction of sp³-hybridized carbons (Fsp3) is 0.611. The van der Waals surface area contributed by atoms with Crippen molar-refractivity contribution in [1.82, 2.24) is 4.90 Å². The maximum absolute atomic E-state index is 12.5. The van der Waals surface area contributed by atoms with E-state index in [9.17, 15) is 15.0 Å². The third kappa shape index (κ3) is 4.55. The summed E-state index contributed by atoms with van der Waals surface area (Å²) in [6.45, 7) is 4.34. The summed E-state index contributed by atoms with van der Waals surface area (Å²) in [6, 6.07) is 7.60. The van der Waals surface area contributed by atoms with Crippen molar-refractivity contribution < 1.29 is 15.0 Å². The summed E-state index contributed by atoms with van der Waals surface area (Å²) < 4.78 is 0. The van der Waals surface area contributed by atoms with Gasteiger partial charge < -0.3 is 15.1 Å². The lowest BCUT2D eigenvalue weighted by molar-refractivity contribution is 0.0714. The highest BCUT2D eigenvalue weighted by Gasteiger charge is 2.43. The zero-order chi connectivity index (χ0) is 16.4. The minimum absolute atomic E-state index is 0.00941. The third-order valence-corrected chi connectivity index (χ3v) is 4.41. The second-order valence-corrected chi connectivity index (χ2v) is 7.33. The molecule has 0 unspecified atom stereocenters. The molecule has 4 heteroatoms. The molecule has 22 heavy (non-hydrogen) atoms. The maximum Gasteiger partial charge on any atom is 0.253 e. The smallest absolute Gasteiger partial charge is 0.253 e. The van der Waals surface area contributed by atoms with Crippen molar-refractivity contribution in [3.8, 4) is 0 Å². The van der Waals surface area contributed by atoms with Gasteiger partial charge in [-0.3, -0.25) is 4.79 Å². The van der Waals surface area contributed by atoms with E-state index in [1.54, 1.807) is 25.8 Å². The lowest BCUT2D eigenvalue weighted by Crippen LogP contribution is -2.34. The fourth-order valence-electron chi connectivity index (χ4n) is 2.65. The number of benzene rings is 1. The van der Waals surface area contributed by atoms with Crippen LogP contribution in [0.5, 0.6) is 0 Å². The SMILES string of the molecule is CN(CC1(CO)CC1)C(=O)c1cccc(CCC(C)(C)O)c1. The van der Waals surface area contributed by atoms with Gasteiger partial charge in [0.25, 0.3) is 5.91 Å². The number of aliphatic hydroxyl groups is 2. The van der Waals surface area contributed by atoms with Crippen LogP contribution >= 0.6 is 0 Å². The number of carbonyl (C=O) groups is 1. The van der Waals surface area contributed by atoms with Gasteiger partial charge in [-0.15, -0.1) is 0 Å². The van der Waals surface area contributed by atoms with E-state index in [-0.39, 0.29) is 17.9 Å². The van der Waals surface area contributed by atoms with Gasteiger partial charge in [0, 0.05) is 24.6 Å². The zero-order valence-electron chi connectivity index (χ0n) is 13.8. The van der Waals surface area contributed by atoms with Gasteiger partial charge in [-0.1, -0.05) is 12.1 Å². The quantitative estimate of drug-likeness (QED) is 0.812. The average Bonchev–Trinajstić information content (AvgIpc) is 3.24. The Bertz CT molecular complexity index is 529. The Hall–Kier alpha value is -1.39. The largest absolute Gasteiger partial charge is 0.396 e. The maximum atomic E-state index is 12.5. The molecule has 2 N–H and O–H groups in total. The highest BCUT2D eigenvalue weighted by molar-refractivity contribution is 5.94. The van der Waals surface area contributed by atoms with Gasteiger partial charge >= 0.3 is 0 Å². The molecule has 0 bridgehead atoms. The van der Waals surface area contributed by atoms with Gasteiger partial charge in [-0.25, -0.2) is 0 Å². The van der Waals surface area contributed by atoms with E-state index in [4.69, 9.17) is 0 Å². The number of rotatable bonds is 7. The first-order valence-electron chi connectivity index (χ1n) is 7.92. The van der Waals surface area contributed by atoms with Gasteiger partial charge in [0.15, 0.2) is 0 Å². The topological polar surface area (TPSA) is 60.8 Å². The first-order chi connectivity index (χ1) is 10.2. The Morgan fingerprint density at radius 1 is 1.36 bits per heavy atom. The molecular weight excluding hydrogens is 278 g/mol. The molecule has 0 spiro atoms. The molecule has 0 heterocycles. The first-order valence-corrected chi connectivity index (χ1v) is 7.92. The van der Waals surface area contributed by atoms with Crippen molar-refractivity contribution in [1.29, 1.82) is 0 Å². The summed E-state index contributed by atoms with van der Waals surface area (Å²) in [5.74, 6) is -0.00941. The molecule has 1 aliphatic carbocycles. The lowest BCUT2D eigenvalue weighted by Gasteiger charge is -2.23. The predicted molar refractivity (Wildman–Crippen MR) is 86.8 cm³/mol. The van der Waals surface area contributed by atoms with Crippen LogP contribution in [0.1, 0.15) is 49.0 Å². The highest BCUT2D eigenvalue weighted by atomic mass is 16.3. The molecule has 2 rings (SSSR count). The summed E-state index contributed by atoms with van der Waals surface area (Å²) in [5.41, 5.74) is 0.966. The van der Waals surface area contributed by atoms with E-state index < -0.39 is 5.60 Å². The zero-order valence-corrected chi connectivity index (χ0v) is 13.8. The number of hydrogen-bond donors (Lipinski definition) is 2. The minimum Gasteiger partial charge on any atom is -0.396 e. The van der Waals surface area contributed by atoms with E-state index in [0.29, 0.717) is 18.5 Å². The van der Waals surface area contributed by atoms with Crippen molar-refractivity contribution in [3.05, 3.63) is 35.4 Å². The van der Waals surface area contributed by atoms with Gasteiger partial charge in [0.05, 0.1) is 12.2 Å². The molecule has 4 nitrogen and oxygen atoms in total. The Morgan fingerprint density at radius 2 is 2.05 bits per heavy atom. The van der Waals surface area contributed by atoms with Gasteiger partial charge in [0.2, 0.25) is 0 Å². The molecule has 0 aromatic heterocycles. The van der Waals surface area contributed by atoms with Crippen molar-refractivity contribution in [2.24, 2.45) is 5.41 Å². The number of aliphatic hydroxyl groups excluding tert-OH is 1. The molecule has 1 fully saturated rings. The molecule has 0 saturated heterocycles. The molecule has 1 aromatic rings. The number of nitrogens with zero attached hydrogens (tertiary/aromatic N) is 1. The van der Waals surface area contributed by atoms with Crippen molar-refractivity contribution >= 4 is 5.91 Å². The Kier molecular flexibility index (Phi) is 4.93. The Labute approximate surface area is 132 Å².